The SMILES string of the molecule is CC(C)c1nc2c(C(N)=O)[c]ccn2n1. The molecule has 77 valence electrons. The molecular weight excluding hydrogens is 192 g/mol. The van der Waals surface area contributed by atoms with Crippen LogP contribution >= 0.6 is 0 Å². The van der Waals surface area contributed by atoms with Crippen molar-refractivity contribution >= 4 is 11.6 Å². The van der Waals surface area contributed by atoms with Gasteiger partial charge in [-0.2, -0.15) is 5.10 Å². The minimum absolute atomic E-state index is 0.214. The Bertz CT molecular complexity index is 515. The number of primary amides is 1. The molecule has 0 saturated heterocycles. The van der Waals surface area contributed by atoms with E-state index in [9.17, 15) is 4.79 Å². The Labute approximate surface area is 86.9 Å². The predicted octanol–water partition coefficient (Wildman–Crippen LogP) is 0.752. The first-order valence-corrected chi connectivity index (χ1v) is 4.66. The summed E-state index contributed by atoms with van der Waals surface area (Å²) in [6, 6.07) is 4.37. The molecule has 5 nitrogen and oxygen atoms in total. The summed E-state index contributed by atoms with van der Waals surface area (Å²) in [4.78, 5) is 15.4. The molecule has 0 atom stereocenters. The number of rotatable bonds is 2. The zero-order valence-corrected chi connectivity index (χ0v) is 8.56. The Kier molecular flexibility index (Phi) is 2.15. The van der Waals surface area contributed by atoms with Crippen LogP contribution in [0.4, 0.5) is 0 Å². The number of nitrogens with zero attached hydrogens (tertiary/aromatic N) is 3. The third-order valence-corrected chi connectivity index (χ3v) is 2.08. The Morgan fingerprint density at radius 2 is 2.33 bits per heavy atom. The Hall–Kier alpha value is -1.91. The molecule has 1 radical (unpaired) electrons. The quantitative estimate of drug-likeness (QED) is 0.782. The first-order chi connectivity index (χ1) is 7.09. The molecule has 0 bridgehead atoms. The summed E-state index contributed by atoms with van der Waals surface area (Å²) in [7, 11) is 0. The number of amides is 1. The maximum absolute atomic E-state index is 11.1. The van der Waals surface area contributed by atoms with Crippen molar-refractivity contribution in [2.45, 2.75) is 19.8 Å². The van der Waals surface area contributed by atoms with E-state index in [1.54, 1.807) is 16.8 Å². The fourth-order valence-corrected chi connectivity index (χ4v) is 1.30. The minimum atomic E-state index is -0.539. The minimum Gasteiger partial charge on any atom is -0.365 e. The van der Waals surface area contributed by atoms with E-state index in [4.69, 9.17) is 5.73 Å². The van der Waals surface area contributed by atoms with Gasteiger partial charge in [0.2, 0.25) is 0 Å². The van der Waals surface area contributed by atoms with Gasteiger partial charge in [0, 0.05) is 18.2 Å². The molecule has 1 amide bonds. The molecule has 5 heteroatoms. The van der Waals surface area contributed by atoms with Gasteiger partial charge in [-0.25, -0.2) is 9.50 Å². The summed E-state index contributed by atoms with van der Waals surface area (Å²) in [5, 5.41) is 4.23. The molecule has 0 aliphatic carbocycles. The van der Waals surface area contributed by atoms with E-state index in [2.05, 4.69) is 16.1 Å². The van der Waals surface area contributed by atoms with Crippen LogP contribution in [0.1, 0.15) is 35.9 Å². The van der Waals surface area contributed by atoms with Crippen LogP contribution < -0.4 is 5.73 Å². The van der Waals surface area contributed by atoms with Crippen LogP contribution in [0, 0.1) is 6.07 Å². The molecule has 0 aromatic carbocycles. The lowest BCUT2D eigenvalue weighted by Gasteiger charge is -1.94. The van der Waals surface area contributed by atoms with Gasteiger partial charge in [-0.15, -0.1) is 0 Å². The maximum Gasteiger partial charge on any atom is 0.253 e. The van der Waals surface area contributed by atoms with Gasteiger partial charge in [-0.1, -0.05) is 13.8 Å². The zero-order valence-electron chi connectivity index (χ0n) is 8.56. The van der Waals surface area contributed by atoms with Gasteiger partial charge in [0.1, 0.15) is 0 Å². The molecule has 0 unspecified atom stereocenters. The van der Waals surface area contributed by atoms with Crippen molar-refractivity contribution in [2.75, 3.05) is 0 Å². The summed E-state index contributed by atoms with van der Waals surface area (Å²) < 4.78 is 1.55. The number of hydrogen-bond donors (Lipinski definition) is 1. The molecule has 0 aliphatic rings. The van der Waals surface area contributed by atoms with E-state index in [0.717, 1.165) is 0 Å². The van der Waals surface area contributed by atoms with Crippen molar-refractivity contribution < 1.29 is 4.79 Å². The molecule has 0 aliphatic heterocycles. The standard InChI is InChI=1S/C10H11N4O/c1-6(2)9-12-10-7(8(11)15)4-3-5-14(10)13-9/h3,5-6H,1-2H3,(H2,11,15). The molecule has 0 fully saturated rings. The van der Waals surface area contributed by atoms with Gasteiger partial charge in [0.05, 0.1) is 5.56 Å². The topological polar surface area (TPSA) is 73.3 Å². The summed E-state index contributed by atoms with van der Waals surface area (Å²) in [5.41, 5.74) is 5.96. The second kappa shape index (κ2) is 3.34. The van der Waals surface area contributed by atoms with Gasteiger partial charge in [0.25, 0.3) is 5.91 Å². The zero-order chi connectivity index (χ0) is 11.0. The van der Waals surface area contributed by atoms with Crippen molar-refractivity contribution in [1.29, 1.82) is 0 Å². The first kappa shape index (κ1) is 9.64. The van der Waals surface area contributed by atoms with E-state index >= 15 is 0 Å². The van der Waals surface area contributed by atoms with Crippen LogP contribution in [0.15, 0.2) is 12.3 Å². The largest absolute Gasteiger partial charge is 0.365 e. The average Bonchev–Trinajstić information content (AvgIpc) is 2.60. The predicted molar refractivity (Wildman–Crippen MR) is 54.4 cm³/mol. The average molecular weight is 203 g/mol. The van der Waals surface area contributed by atoms with E-state index < -0.39 is 5.91 Å². The van der Waals surface area contributed by atoms with Crippen molar-refractivity contribution in [1.82, 2.24) is 14.6 Å². The van der Waals surface area contributed by atoms with Crippen molar-refractivity contribution in [3.63, 3.8) is 0 Å². The summed E-state index contributed by atoms with van der Waals surface area (Å²) in [6.45, 7) is 3.98. The van der Waals surface area contributed by atoms with Gasteiger partial charge in [0.15, 0.2) is 11.5 Å². The highest BCUT2D eigenvalue weighted by molar-refractivity contribution is 5.98. The molecule has 15 heavy (non-hydrogen) atoms. The van der Waals surface area contributed by atoms with Gasteiger partial charge < -0.3 is 5.73 Å². The lowest BCUT2D eigenvalue weighted by Crippen LogP contribution is -2.12. The van der Waals surface area contributed by atoms with Crippen LogP contribution in [-0.4, -0.2) is 20.5 Å². The number of hydrogen-bond acceptors (Lipinski definition) is 3. The maximum atomic E-state index is 11.1. The number of nitrogens with two attached hydrogens (primary N) is 1. The lowest BCUT2D eigenvalue weighted by atomic mass is 10.2. The van der Waals surface area contributed by atoms with Crippen LogP contribution in [0.25, 0.3) is 5.65 Å². The Balaban J connectivity index is 2.70. The van der Waals surface area contributed by atoms with Crippen LogP contribution in [-0.2, 0) is 0 Å². The molecule has 0 spiro atoms. The van der Waals surface area contributed by atoms with E-state index in [1.807, 2.05) is 13.8 Å². The molecule has 0 saturated carbocycles. The van der Waals surface area contributed by atoms with Gasteiger partial charge in [-0.05, 0) is 6.07 Å². The third kappa shape index (κ3) is 1.56. The molecule has 2 N–H and O–H groups in total. The molecular formula is C10H11N4O. The lowest BCUT2D eigenvalue weighted by molar-refractivity contribution is 0.100. The highest BCUT2D eigenvalue weighted by Crippen LogP contribution is 2.13. The second-order valence-corrected chi connectivity index (χ2v) is 3.59. The van der Waals surface area contributed by atoms with E-state index in [-0.39, 0.29) is 11.5 Å². The number of aromatic nitrogens is 3. The monoisotopic (exact) mass is 203 g/mol. The highest BCUT2D eigenvalue weighted by Gasteiger charge is 2.13. The Morgan fingerprint density at radius 1 is 1.60 bits per heavy atom. The number of fused-ring (bicyclic) bond motifs is 1. The van der Waals surface area contributed by atoms with Crippen molar-refractivity contribution in [2.24, 2.45) is 5.73 Å². The fourth-order valence-electron chi connectivity index (χ4n) is 1.30. The van der Waals surface area contributed by atoms with Crippen LogP contribution in [0.2, 0.25) is 0 Å². The van der Waals surface area contributed by atoms with Crippen LogP contribution in [0.3, 0.4) is 0 Å². The fraction of sp³-hybridized carbons (Fsp3) is 0.300. The van der Waals surface area contributed by atoms with Crippen molar-refractivity contribution in [3.05, 3.63) is 29.7 Å². The van der Waals surface area contributed by atoms with E-state index in [0.29, 0.717) is 11.5 Å². The molecule has 2 aromatic rings. The number of carbonyl (C=O) groups excluding carboxylic acids is 1. The number of pyridine rings is 1. The highest BCUT2D eigenvalue weighted by atomic mass is 16.1. The first-order valence-electron chi connectivity index (χ1n) is 4.66. The summed E-state index contributed by atoms with van der Waals surface area (Å²) in [5.74, 6) is 0.367. The number of carbonyl (C=O) groups is 1. The van der Waals surface area contributed by atoms with Crippen LogP contribution in [0.5, 0.6) is 0 Å². The summed E-state index contributed by atoms with van der Waals surface area (Å²) in [6.07, 6.45) is 1.70. The van der Waals surface area contributed by atoms with Gasteiger partial charge in [-0.3, -0.25) is 4.79 Å². The van der Waals surface area contributed by atoms with E-state index in [1.165, 1.54) is 0 Å². The molecule has 2 aromatic heterocycles. The summed E-state index contributed by atoms with van der Waals surface area (Å²) >= 11 is 0. The smallest absolute Gasteiger partial charge is 0.253 e. The normalized spacial score (nSPS) is 11.1. The van der Waals surface area contributed by atoms with Crippen molar-refractivity contribution in [3.8, 4) is 0 Å². The molecule has 2 heterocycles. The van der Waals surface area contributed by atoms with Gasteiger partial charge >= 0.3 is 0 Å². The Morgan fingerprint density at radius 3 is 2.93 bits per heavy atom. The third-order valence-electron chi connectivity index (χ3n) is 2.08. The second-order valence-electron chi connectivity index (χ2n) is 3.59. The molecule has 2 rings (SSSR count).